The minimum Gasteiger partial charge on any atom is -0.394 e. The number of hydrogen-bond donors (Lipinski definition) is 3. The molecule has 1 fully saturated rings. The molecule has 0 spiro atoms. The Hall–Kier alpha value is -1.14. The molecular weight excluding hydrogens is 315 g/mol. The minimum absolute atomic E-state index is 0.0786. The Balaban J connectivity index is 2.03. The third-order valence-electron chi connectivity index (χ3n) is 3.42. The molecule has 0 aromatic heterocycles. The van der Waals surface area contributed by atoms with Crippen LogP contribution in [0.2, 0.25) is 0 Å². The van der Waals surface area contributed by atoms with Crippen LogP contribution in [0.5, 0.6) is 0 Å². The van der Waals surface area contributed by atoms with Crippen molar-refractivity contribution < 1.29 is 14.3 Å². The molecule has 3 N–H and O–H groups in total. The lowest BCUT2D eigenvalue weighted by atomic mass is 9.99. The molecule has 0 unspecified atom stereocenters. The quantitative estimate of drug-likeness (QED) is 0.797. The maximum atomic E-state index is 13.1. The van der Waals surface area contributed by atoms with Gasteiger partial charge in [0.2, 0.25) is 0 Å². The van der Waals surface area contributed by atoms with Gasteiger partial charge in [-0.1, -0.05) is 12.8 Å². The molecule has 4 nitrogen and oxygen atoms in total. The van der Waals surface area contributed by atoms with E-state index in [-0.39, 0.29) is 6.61 Å². The summed E-state index contributed by atoms with van der Waals surface area (Å²) in [4.78, 5) is 11.9. The molecule has 0 bridgehead atoms. The maximum absolute atomic E-state index is 13.1. The van der Waals surface area contributed by atoms with Crippen LogP contribution in [-0.4, -0.2) is 23.3 Å². The van der Waals surface area contributed by atoms with Gasteiger partial charge < -0.3 is 15.7 Å². The summed E-state index contributed by atoms with van der Waals surface area (Å²) >= 11 is 3.24. The molecule has 1 aliphatic rings. The molecule has 1 aromatic carbocycles. The standard InChI is InChI=1S/C13H16BrFN2O2/c14-10-4-3-9(15)7-11(10)16-12(19)17-13(8-18)5-1-2-6-13/h3-4,7,18H,1-2,5-6,8H2,(H2,16,17,19). The van der Waals surface area contributed by atoms with E-state index in [0.717, 1.165) is 25.7 Å². The number of benzene rings is 1. The molecule has 1 saturated carbocycles. The fourth-order valence-electron chi connectivity index (χ4n) is 2.36. The van der Waals surface area contributed by atoms with Gasteiger partial charge in [0, 0.05) is 4.47 Å². The van der Waals surface area contributed by atoms with Crippen LogP contribution >= 0.6 is 15.9 Å². The maximum Gasteiger partial charge on any atom is 0.319 e. The van der Waals surface area contributed by atoms with E-state index in [9.17, 15) is 14.3 Å². The number of carbonyl (C=O) groups is 1. The van der Waals surface area contributed by atoms with Crippen molar-refractivity contribution in [1.82, 2.24) is 5.32 Å². The molecule has 2 rings (SSSR count). The van der Waals surface area contributed by atoms with Crippen LogP contribution in [0.4, 0.5) is 14.9 Å². The molecule has 2 amide bonds. The summed E-state index contributed by atoms with van der Waals surface area (Å²) in [5.41, 5.74) is -0.173. The van der Waals surface area contributed by atoms with E-state index < -0.39 is 17.4 Å². The molecule has 1 aliphatic carbocycles. The summed E-state index contributed by atoms with van der Waals surface area (Å²) < 4.78 is 13.7. The molecule has 0 heterocycles. The van der Waals surface area contributed by atoms with Gasteiger partial charge in [-0.25, -0.2) is 9.18 Å². The predicted molar refractivity (Wildman–Crippen MR) is 74.5 cm³/mol. The molecule has 104 valence electrons. The van der Waals surface area contributed by atoms with E-state index in [1.807, 2.05) is 0 Å². The Labute approximate surface area is 119 Å². The molecule has 19 heavy (non-hydrogen) atoms. The van der Waals surface area contributed by atoms with Crippen molar-refractivity contribution in [3.63, 3.8) is 0 Å². The lowest BCUT2D eigenvalue weighted by Gasteiger charge is -2.28. The molecule has 0 aliphatic heterocycles. The number of halogens is 2. The highest BCUT2D eigenvalue weighted by atomic mass is 79.9. The number of urea groups is 1. The van der Waals surface area contributed by atoms with Gasteiger partial charge in [-0.15, -0.1) is 0 Å². The van der Waals surface area contributed by atoms with Crippen LogP contribution < -0.4 is 10.6 Å². The van der Waals surface area contributed by atoms with E-state index in [2.05, 4.69) is 26.6 Å². The van der Waals surface area contributed by atoms with Crippen molar-refractivity contribution in [3.8, 4) is 0 Å². The van der Waals surface area contributed by atoms with Crippen LogP contribution in [0.25, 0.3) is 0 Å². The van der Waals surface area contributed by atoms with Gasteiger partial charge >= 0.3 is 6.03 Å². The van der Waals surface area contributed by atoms with Crippen LogP contribution in [-0.2, 0) is 0 Å². The summed E-state index contributed by atoms with van der Waals surface area (Å²) in [5, 5.41) is 14.8. The molecule has 1 aromatic rings. The number of aliphatic hydroxyl groups excluding tert-OH is 1. The first-order valence-corrected chi connectivity index (χ1v) is 6.99. The fraction of sp³-hybridized carbons (Fsp3) is 0.462. The predicted octanol–water partition coefficient (Wildman–Crippen LogP) is 3.01. The first-order chi connectivity index (χ1) is 9.04. The normalized spacial score (nSPS) is 17.2. The van der Waals surface area contributed by atoms with Gasteiger partial charge in [0.25, 0.3) is 0 Å². The minimum atomic E-state index is -0.538. The highest BCUT2D eigenvalue weighted by Crippen LogP contribution is 2.29. The summed E-state index contributed by atoms with van der Waals surface area (Å²) in [6.45, 7) is -0.0786. The first kappa shape index (κ1) is 14.3. The fourth-order valence-corrected chi connectivity index (χ4v) is 2.71. The highest BCUT2D eigenvalue weighted by Gasteiger charge is 2.34. The van der Waals surface area contributed by atoms with Gasteiger partial charge in [-0.3, -0.25) is 0 Å². The summed E-state index contributed by atoms with van der Waals surface area (Å²) in [6, 6.07) is 3.65. The smallest absolute Gasteiger partial charge is 0.319 e. The van der Waals surface area contributed by atoms with Gasteiger partial charge in [0.05, 0.1) is 17.8 Å². The van der Waals surface area contributed by atoms with Crippen molar-refractivity contribution >= 4 is 27.6 Å². The number of nitrogens with one attached hydrogen (secondary N) is 2. The van der Waals surface area contributed by atoms with E-state index in [0.29, 0.717) is 10.2 Å². The Morgan fingerprint density at radius 2 is 2.11 bits per heavy atom. The number of carbonyl (C=O) groups excluding carboxylic acids is 1. The second-order valence-electron chi connectivity index (χ2n) is 4.85. The number of anilines is 1. The second kappa shape index (κ2) is 5.88. The second-order valence-corrected chi connectivity index (χ2v) is 5.70. The van der Waals surface area contributed by atoms with Crippen molar-refractivity contribution in [3.05, 3.63) is 28.5 Å². The average Bonchev–Trinajstić information content (AvgIpc) is 2.83. The molecule has 0 radical (unpaired) electrons. The SMILES string of the molecule is O=C(Nc1cc(F)ccc1Br)NC1(CO)CCCC1. The summed E-state index contributed by atoms with van der Waals surface area (Å²) in [5.74, 6) is -0.420. The first-order valence-electron chi connectivity index (χ1n) is 6.20. The van der Waals surface area contributed by atoms with Gasteiger partial charge in [0.1, 0.15) is 5.82 Å². The lowest BCUT2D eigenvalue weighted by molar-refractivity contribution is 0.167. The average molecular weight is 331 g/mol. The third kappa shape index (κ3) is 3.45. The highest BCUT2D eigenvalue weighted by molar-refractivity contribution is 9.10. The Bertz CT molecular complexity index is 476. The monoisotopic (exact) mass is 330 g/mol. The van der Waals surface area contributed by atoms with Crippen molar-refractivity contribution in [2.24, 2.45) is 0 Å². The van der Waals surface area contributed by atoms with E-state index in [1.54, 1.807) is 0 Å². The number of aliphatic hydroxyl groups is 1. The largest absolute Gasteiger partial charge is 0.394 e. The van der Waals surface area contributed by atoms with E-state index in [4.69, 9.17) is 0 Å². The van der Waals surface area contributed by atoms with Crippen LogP contribution in [0.15, 0.2) is 22.7 Å². The van der Waals surface area contributed by atoms with Crippen LogP contribution in [0.1, 0.15) is 25.7 Å². The molecule has 0 saturated heterocycles. The summed E-state index contributed by atoms with van der Waals surface area (Å²) in [6.07, 6.45) is 3.51. The Morgan fingerprint density at radius 3 is 2.74 bits per heavy atom. The van der Waals surface area contributed by atoms with Crippen LogP contribution in [0.3, 0.4) is 0 Å². The third-order valence-corrected chi connectivity index (χ3v) is 4.11. The Morgan fingerprint density at radius 1 is 1.42 bits per heavy atom. The molecular formula is C13H16BrFN2O2. The van der Waals surface area contributed by atoms with Gasteiger partial charge in [-0.05, 0) is 47.0 Å². The Kier molecular flexibility index (Phi) is 4.42. The van der Waals surface area contributed by atoms with Crippen LogP contribution in [0, 0.1) is 5.82 Å². The van der Waals surface area contributed by atoms with Gasteiger partial charge in [-0.2, -0.15) is 0 Å². The van der Waals surface area contributed by atoms with Crippen molar-refractivity contribution in [1.29, 1.82) is 0 Å². The number of amides is 2. The zero-order chi connectivity index (χ0) is 13.9. The summed E-state index contributed by atoms with van der Waals surface area (Å²) in [7, 11) is 0. The van der Waals surface area contributed by atoms with Gasteiger partial charge in [0.15, 0.2) is 0 Å². The molecule has 0 atom stereocenters. The molecule has 6 heteroatoms. The zero-order valence-electron chi connectivity index (χ0n) is 10.4. The van der Waals surface area contributed by atoms with E-state index >= 15 is 0 Å². The lowest BCUT2D eigenvalue weighted by Crippen LogP contribution is -2.50. The van der Waals surface area contributed by atoms with Crippen molar-refractivity contribution in [2.45, 2.75) is 31.2 Å². The number of hydrogen-bond acceptors (Lipinski definition) is 2. The van der Waals surface area contributed by atoms with E-state index in [1.165, 1.54) is 18.2 Å². The zero-order valence-corrected chi connectivity index (χ0v) is 12.0. The topological polar surface area (TPSA) is 61.4 Å². The number of rotatable bonds is 3. The van der Waals surface area contributed by atoms with Crippen molar-refractivity contribution in [2.75, 3.05) is 11.9 Å².